The highest BCUT2D eigenvalue weighted by Crippen LogP contribution is 2.70. The first-order chi connectivity index (χ1) is 15.1. The standard InChI is InChI=1S/C28H31NO2/c30-26(24-19-23-11-12-25(24)27(23)15-16-27)29-17-13-22(14-18-29)28(31,20-7-3-1-4-8-20)21-9-5-2-6-10-21/h1-12,22-25,31H,13-19H2/t23-,24-,25-/m1/s1. The van der Waals surface area contributed by atoms with Gasteiger partial charge in [0.1, 0.15) is 5.60 Å². The van der Waals surface area contributed by atoms with Gasteiger partial charge in [-0.15, -0.1) is 0 Å². The zero-order valence-corrected chi connectivity index (χ0v) is 18.0. The number of benzene rings is 2. The molecular weight excluding hydrogens is 382 g/mol. The average Bonchev–Trinajstić information content (AvgIpc) is 3.51. The van der Waals surface area contributed by atoms with Crippen molar-refractivity contribution in [2.45, 2.75) is 37.7 Å². The van der Waals surface area contributed by atoms with Gasteiger partial charge in [0.15, 0.2) is 0 Å². The Labute approximate surface area is 184 Å². The van der Waals surface area contributed by atoms with Crippen LogP contribution in [-0.4, -0.2) is 29.0 Å². The van der Waals surface area contributed by atoms with Crippen molar-refractivity contribution in [3.8, 4) is 0 Å². The number of likely N-dealkylation sites (tertiary alicyclic amines) is 1. The smallest absolute Gasteiger partial charge is 0.226 e. The minimum absolute atomic E-state index is 0.0936. The molecule has 6 rings (SSSR count). The molecule has 2 aromatic carbocycles. The van der Waals surface area contributed by atoms with E-state index in [1.807, 2.05) is 60.7 Å². The molecule has 2 bridgehead atoms. The molecule has 0 aromatic heterocycles. The van der Waals surface area contributed by atoms with Crippen molar-refractivity contribution in [3.05, 3.63) is 83.9 Å². The number of carbonyl (C=O) groups is 1. The van der Waals surface area contributed by atoms with Crippen molar-refractivity contribution in [1.29, 1.82) is 0 Å². The van der Waals surface area contributed by atoms with E-state index in [1.165, 1.54) is 12.8 Å². The van der Waals surface area contributed by atoms with Crippen molar-refractivity contribution in [2.24, 2.45) is 29.1 Å². The molecule has 4 aliphatic rings. The number of amides is 1. The summed E-state index contributed by atoms with van der Waals surface area (Å²) >= 11 is 0. The first-order valence-electron chi connectivity index (χ1n) is 11.9. The predicted octanol–water partition coefficient (Wildman–Crippen LogP) is 4.76. The fourth-order valence-corrected chi connectivity index (χ4v) is 7.03. The molecule has 0 unspecified atom stereocenters. The normalized spacial score (nSPS) is 28.9. The zero-order chi connectivity index (χ0) is 21.1. The summed E-state index contributed by atoms with van der Waals surface area (Å²) in [6.07, 6.45) is 10.1. The highest BCUT2D eigenvalue weighted by molar-refractivity contribution is 5.80. The predicted molar refractivity (Wildman–Crippen MR) is 121 cm³/mol. The maximum Gasteiger partial charge on any atom is 0.226 e. The van der Waals surface area contributed by atoms with Crippen molar-refractivity contribution in [3.63, 3.8) is 0 Å². The fraction of sp³-hybridized carbons (Fsp3) is 0.464. The molecule has 31 heavy (non-hydrogen) atoms. The first-order valence-corrected chi connectivity index (χ1v) is 11.9. The van der Waals surface area contributed by atoms with Gasteiger partial charge in [-0.3, -0.25) is 4.79 Å². The third-order valence-electron chi connectivity index (χ3n) is 8.86. The van der Waals surface area contributed by atoms with Crippen LogP contribution in [-0.2, 0) is 10.4 Å². The van der Waals surface area contributed by atoms with Gasteiger partial charge in [0.2, 0.25) is 5.91 Å². The molecular formula is C28H31NO2. The summed E-state index contributed by atoms with van der Waals surface area (Å²) < 4.78 is 0. The largest absolute Gasteiger partial charge is 0.380 e. The molecule has 3 nitrogen and oxygen atoms in total. The van der Waals surface area contributed by atoms with Crippen LogP contribution in [0.4, 0.5) is 0 Å². The van der Waals surface area contributed by atoms with Gasteiger partial charge >= 0.3 is 0 Å². The van der Waals surface area contributed by atoms with Crippen LogP contribution in [0.15, 0.2) is 72.8 Å². The molecule has 1 saturated heterocycles. The van der Waals surface area contributed by atoms with Crippen LogP contribution in [0.25, 0.3) is 0 Å². The van der Waals surface area contributed by atoms with Gasteiger partial charge in [-0.25, -0.2) is 0 Å². The van der Waals surface area contributed by atoms with E-state index in [0.717, 1.165) is 43.5 Å². The minimum Gasteiger partial charge on any atom is -0.380 e. The van der Waals surface area contributed by atoms with Crippen LogP contribution in [0.2, 0.25) is 0 Å². The molecule has 1 aliphatic heterocycles. The van der Waals surface area contributed by atoms with E-state index < -0.39 is 5.60 Å². The minimum atomic E-state index is -1.02. The molecule has 2 aromatic rings. The van der Waals surface area contributed by atoms with Gasteiger partial charge in [0, 0.05) is 19.0 Å². The number of aliphatic hydroxyl groups is 1. The Bertz CT molecular complexity index is 947. The van der Waals surface area contributed by atoms with Crippen LogP contribution in [0, 0.1) is 29.1 Å². The van der Waals surface area contributed by atoms with Gasteiger partial charge in [-0.2, -0.15) is 0 Å². The Morgan fingerprint density at radius 3 is 2.00 bits per heavy atom. The number of nitrogens with zero attached hydrogens (tertiary/aromatic N) is 1. The molecule has 3 fully saturated rings. The summed E-state index contributed by atoms with van der Waals surface area (Å²) in [6, 6.07) is 20.1. The molecule has 3 heteroatoms. The van der Waals surface area contributed by atoms with E-state index in [2.05, 4.69) is 17.1 Å². The Morgan fingerprint density at radius 1 is 0.903 bits per heavy atom. The topological polar surface area (TPSA) is 40.5 Å². The first kappa shape index (κ1) is 19.3. The molecule has 1 spiro atoms. The Kier molecular flexibility index (Phi) is 4.40. The highest BCUT2D eigenvalue weighted by atomic mass is 16.3. The molecule has 1 heterocycles. The van der Waals surface area contributed by atoms with Crippen LogP contribution < -0.4 is 0 Å². The van der Waals surface area contributed by atoms with Crippen LogP contribution in [0.3, 0.4) is 0 Å². The van der Waals surface area contributed by atoms with Gasteiger partial charge in [-0.1, -0.05) is 72.8 Å². The van der Waals surface area contributed by atoms with Gasteiger partial charge in [0.25, 0.3) is 0 Å². The van der Waals surface area contributed by atoms with Gasteiger partial charge in [-0.05, 0) is 66.4 Å². The lowest BCUT2D eigenvalue weighted by Gasteiger charge is -2.43. The van der Waals surface area contributed by atoms with Crippen molar-refractivity contribution >= 4 is 5.91 Å². The molecule has 1 amide bonds. The van der Waals surface area contributed by atoms with E-state index in [0.29, 0.717) is 23.2 Å². The highest BCUT2D eigenvalue weighted by Gasteiger charge is 2.64. The summed E-state index contributed by atoms with van der Waals surface area (Å²) in [4.78, 5) is 15.5. The quantitative estimate of drug-likeness (QED) is 0.734. The summed E-state index contributed by atoms with van der Waals surface area (Å²) in [7, 11) is 0. The van der Waals surface area contributed by atoms with E-state index in [1.54, 1.807) is 0 Å². The molecule has 3 atom stereocenters. The maximum atomic E-state index is 13.4. The lowest BCUT2D eigenvalue weighted by molar-refractivity contribution is -0.139. The summed E-state index contributed by atoms with van der Waals surface area (Å²) in [6.45, 7) is 1.49. The SMILES string of the molecule is O=C([C@@H]1C[C@H]2C=C[C@H]1C21CC1)N1CCC(C(O)(c2ccccc2)c2ccccc2)CC1. The van der Waals surface area contributed by atoms with Crippen molar-refractivity contribution < 1.29 is 9.90 Å². The fourth-order valence-electron chi connectivity index (χ4n) is 7.03. The van der Waals surface area contributed by atoms with E-state index in [4.69, 9.17) is 0 Å². The number of piperidine rings is 1. The maximum absolute atomic E-state index is 13.4. The summed E-state index contributed by atoms with van der Waals surface area (Å²) in [5, 5.41) is 12.1. The molecule has 160 valence electrons. The lowest BCUT2D eigenvalue weighted by atomic mass is 9.72. The molecule has 3 aliphatic carbocycles. The molecule has 2 saturated carbocycles. The van der Waals surface area contributed by atoms with Crippen LogP contribution >= 0.6 is 0 Å². The van der Waals surface area contributed by atoms with E-state index >= 15 is 0 Å². The molecule has 0 radical (unpaired) electrons. The third kappa shape index (κ3) is 2.86. The third-order valence-corrected chi connectivity index (χ3v) is 8.86. The second kappa shape index (κ2) is 7.06. The summed E-state index contributed by atoms with van der Waals surface area (Å²) in [5.41, 5.74) is 1.32. The van der Waals surface area contributed by atoms with Crippen LogP contribution in [0.5, 0.6) is 0 Å². The van der Waals surface area contributed by atoms with E-state index in [9.17, 15) is 9.90 Å². The van der Waals surface area contributed by atoms with Crippen LogP contribution in [0.1, 0.15) is 43.2 Å². The number of hydrogen-bond acceptors (Lipinski definition) is 2. The van der Waals surface area contributed by atoms with Gasteiger partial charge in [0.05, 0.1) is 0 Å². The van der Waals surface area contributed by atoms with E-state index in [-0.39, 0.29) is 11.8 Å². The Hall–Kier alpha value is -2.39. The van der Waals surface area contributed by atoms with Gasteiger partial charge < -0.3 is 10.0 Å². The summed E-state index contributed by atoms with van der Waals surface area (Å²) in [5.74, 6) is 1.77. The number of rotatable bonds is 4. The zero-order valence-electron chi connectivity index (χ0n) is 18.0. The van der Waals surface area contributed by atoms with Crippen molar-refractivity contribution in [1.82, 2.24) is 4.90 Å². The number of allylic oxidation sites excluding steroid dienone is 2. The number of carbonyl (C=O) groups excluding carboxylic acids is 1. The lowest BCUT2D eigenvalue weighted by Crippen LogP contribution is -2.48. The Balaban J connectivity index is 1.21. The Morgan fingerprint density at radius 2 is 1.48 bits per heavy atom. The van der Waals surface area contributed by atoms with Crippen molar-refractivity contribution in [2.75, 3.05) is 13.1 Å². The second-order valence-corrected chi connectivity index (χ2v) is 10.2. The monoisotopic (exact) mass is 413 g/mol. The second-order valence-electron chi connectivity index (χ2n) is 10.2. The average molecular weight is 414 g/mol. The number of hydrogen-bond donors (Lipinski definition) is 1. The molecule has 1 N–H and O–H groups in total.